The number of benzene rings is 2. The van der Waals surface area contributed by atoms with Crippen LogP contribution in [0.3, 0.4) is 0 Å². The molecule has 7 heteroatoms. The van der Waals surface area contributed by atoms with Gasteiger partial charge in [0.25, 0.3) is 11.8 Å². The minimum atomic E-state index is -0.181. The van der Waals surface area contributed by atoms with E-state index < -0.39 is 0 Å². The van der Waals surface area contributed by atoms with Crippen LogP contribution in [-0.4, -0.2) is 25.8 Å². The van der Waals surface area contributed by atoms with Crippen molar-refractivity contribution in [2.45, 2.75) is 6.92 Å². The van der Waals surface area contributed by atoms with E-state index in [-0.39, 0.29) is 5.91 Å². The molecule has 7 nitrogen and oxygen atoms in total. The molecule has 0 bridgehead atoms. The van der Waals surface area contributed by atoms with Crippen molar-refractivity contribution in [1.29, 1.82) is 0 Å². The fourth-order valence-corrected chi connectivity index (χ4v) is 2.59. The Bertz CT molecular complexity index is 1020. The average molecular weight is 345 g/mol. The fraction of sp³-hybridized carbons (Fsp3) is 0.0526. The number of amides is 1. The first-order valence-electron chi connectivity index (χ1n) is 8.00. The Labute approximate surface area is 149 Å². The maximum atomic E-state index is 12.4. The number of carbonyl (C=O) groups is 1. The van der Waals surface area contributed by atoms with Gasteiger partial charge in [-0.05, 0) is 61.5 Å². The van der Waals surface area contributed by atoms with Gasteiger partial charge in [0.15, 0.2) is 6.33 Å². The van der Waals surface area contributed by atoms with Gasteiger partial charge in [-0.25, -0.2) is 4.68 Å². The minimum Gasteiger partial charge on any atom is -0.334 e. The molecule has 0 unspecified atom stereocenters. The van der Waals surface area contributed by atoms with Crippen LogP contribution in [0.2, 0.25) is 0 Å². The van der Waals surface area contributed by atoms with E-state index in [1.165, 1.54) is 6.33 Å². The highest BCUT2D eigenvalue weighted by molar-refractivity contribution is 6.04. The predicted molar refractivity (Wildman–Crippen MR) is 96.0 cm³/mol. The monoisotopic (exact) mass is 345 g/mol. The zero-order valence-electron chi connectivity index (χ0n) is 14.0. The van der Waals surface area contributed by atoms with Crippen molar-refractivity contribution in [2.75, 3.05) is 5.32 Å². The van der Waals surface area contributed by atoms with Crippen molar-refractivity contribution < 1.29 is 9.32 Å². The van der Waals surface area contributed by atoms with Crippen LogP contribution in [0.15, 0.2) is 71.6 Å². The predicted octanol–water partition coefficient (Wildman–Crippen LogP) is 3.48. The summed E-state index contributed by atoms with van der Waals surface area (Å²) in [6, 6.07) is 16.4. The quantitative estimate of drug-likeness (QED) is 0.612. The molecule has 2 heterocycles. The zero-order valence-corrected chi connectivity index (χ0v) is 14.0. The summed E-state index contributed by atoms with van der Waals surface area (Å²) in [7, 11) is 0. The van der Waals surface area contributed by atoms with Crippen molar-refractivity contribution >= 4 is 11.6 Å². The number of anilines is 1. The molecule has 0 spiro atoms. The molecular weight excluding hydrogens is 330 g/mol. The first-order chi connectivity index (χ1) is 12.7. The maximum absolute atomic E-state index is 12.4. The van der Waals surface area contributed by atoms with Crippen molar-refractivity contribution in [3.05, 3.63) is 78.4 Å². The van der Waals surface area contributed by atoms with Crippen molar-refractivity contribution in [3.8, 4) is 17.1 Å². The first-order valence-corrected chi connectivity index (χ1v) is 8.00. The second kappa shape index (κ2) is 6.64. The summed E-state index contributed by atoms with van der Waals surface area (Å²) < 4.78 is 6.82. The zero-order chi connectivity index (χ0) is 17.9. The third kappa shape index (κ3) is 3.10. The Morgan fingerprint density at radius 3 is 2.42 bits per heavy atom. The molecule has 1 amide bonds. The number of hydrogen-bond acceptors (Lipinski definition) is 5. The number of nitrogens with one attached hydrogen (secondary N) is 1. The molecule has 0 aliphatic carbocycles. The van der Waals surface area contributed by atoms with Gasteiger partial charge in [-0.15, -0.1) is 0 Å². The lowest BCUT2D eigenvalue weighted by Crippen LogP contribution is -2.12. The molecule has 26 heavy (non-hydrogen) atoms. The molecule has 4 rings (SSSR count). The van der Waals surface area contributed by atoms with E-state index in [2.05, 4.69) is 20.6 Å². The Morgan fingerprint density at radius 1 is 1.04 bits per heavy atom. The standard InChI is InChI=1S/C19H15N5O2/c1-13-10-11-21-24(13)17-8-4-14(5-9-17)18(25)23-16-6-2-15(3-7-16)19-20-12-22-26-19/h2-12H,1H3,(H,23,25). The van der Waals surface area contributed by atoms with Crippen molar-refractivity contribution in [2.24, 2.45) is 0 Å². The van der Waals surface area contributed by atoms with E-state index in [0.29, 0.717) is 17.1 Å². The normalized spacial score (nSPS) is 10.7. The summed E-state index contributed by atoms with van der Waals surface area (Å²) in [6.07, 6.45) is 3.09. The summed E-state index contributed by atoms with van der Waals surface area (Å²) in [5.74, 6) is 0.256. The van der Waals surface area contributed by atoms with Crippen molar-refractivity contribution in [1.82, 2.24) is 19.9 Å². The lowest BCUT2D eigenvalue weighted by atomic mass is 10.1. The number of rotatable bonds is 4. The summed E-state index contributed by atoms with van der Waals surface area (Å²) in [5, 5.41) is 10.7. The molecule has 0 fully saturated rings. The van der Waals surface area contributed by atoms with Crippen LogP contribution in [0.4, 0.5) is 5.69 Å². The lowest BCUT2D eigenvalue weighted by molar-refractivity contribution is 0.102. The molecule has 128 valence electrons. The number of nitrogens with zero attached hydrogens (tertiary/aromatic N) is 4. The van der Waals surface area contributed by atoms with Gasteiger partial charge >= 0.3 is 0 Å². The largest absolute Gasteiger partial charge is 0.334 e. The number of hydrogen-bond donors (Lipinski definition) is 1. The van der Waals surface area contributed by atoms with Crippen LogP contribution in [0.25, 0.3) is 17.1 Å². The van der Waals surface area contributed by atoms with Crippen LogP contribution in [0.5, 0.6) is 0 Å². The van der Waals surface area contributed by atoms with E-state index in [0.717, 1.165) is 16.9 Å². The highest BCUT2D eigenvalue weighted by Crippen LogP contribution is 2.19. The Kier molecular flexibility index (Phi) is 4.03. The van der Waals surface area contributed by atoms with Crippen molar-refractivity contribution in [3.63, 3.8) is 0 Å². The molecule has 0 aliphatic heterocycles. The van der Waals surface area contributed by atoms with E-state index in [1.807, 2.05) is 41.9 Å². The Morgan fingerprint density at radius 2 is 1.81 bits per heavy atom. The van der Waals surface area contributed by atoms with Crippen LogP contribution < -0.4 is 5.32 Å². The molecule has 0 radical (unpaired) electrons. The molecule has 2 aromatic heterocycles. The SMILES string of the molecule is Cc1ccnn1-c1ccc(C(=O)Nc2ccc(-c3ncno3)cc2)cc1. The first kappa shape index (κ1) is 15.8. The molecule has 0 atom stereocenters. The highest BCUT2D eigenvalue weighted by Gasteiger charge is 2.09. The van der Waals surface area contributed by atoms with Gasteiger partial charge in [-0.1, -0.05) is 5.16 Å². The van der Waals surface area contributed by atoms with E-state index in [9.17, 15) is 4.79 Å². The van der Waals surface area contributed by atoms with Gasteiger partial charge < -0.3 is 9.84 Å². The molecule has 0 saturated carbocycles. The third-order valence-electron chi connectivity index (χ3n) is 3.96. The number of aromatic nitrogens is 4. The molecule has 0 aliphatic rings. The Balaban J connectivity index is 1.47. The second-order valence-electron chi connectivity index (χ2n) is 5.71. The summed E-state index contributed by atoms with van der Waals surface area (Å²) in [6.45, 7) is 1.98. The topological polar surface area (TPSA) is 85.8 Å². The summed E-state index contributed by atoms with van der Waals surface area (Å²) in [4.78, 5) is 16.4. The molecule has 0 saturated heterocycles. The smallest absolute Gasteiger partial charge is 0.257 e. The molecule has 4 aromatic rings. The van der Waals surface area contributed by atoms with Crippen LogP contribution in [-0.2, 0) is 0 Å². The van der Waals surface area contributed by atoms with Gasteiger partial charge in [0, 0.05) is 28.7 Å². The fourth-order valence-electron chi connectivity index (χ4n) is 2.59. The maximum Gasteiger partial charge on any atom is 0.257 e. The van der Waals surface area contributed by atoms with Gasteiger partial charge in [-0.3, -0.25) is 4.79 Å². The van der Waals surface area contributed by atoms with E-state index in [1.54, 1.807) is 30.5 Å². The second-order valence-corrected chi connectivity index (χ2v) is 5.71. The van der Waals surface area contributed by atoms with Crippen LogP contribution >= 0.6 is 0 Å². The Hall–Kier alpha value is -3.74. The lowest BCUT2D eigenvalue weighted by Gasteiger charge is -2.08. The van der Waals surface area contributed by atoms with Gasteiger partial charge in [0.05, 0.1) is 5.69 Å². The highest BCUT2D eigenvalue weighted by atomic mass is 16.5. The van der Waals surface area contributed by atoms with Crippen LogP contribution in [0.1, 0.15) is 16.1 Å². The minimum absolute atomic E-state index is 0.181. The average Bonchev–Trinajstić information content (AvgIpc) is 3.34. The summed E-state index contributed by atoms with van der Waals surface area (Å²) >= 11 is 0. The van der Waals surface area contributed by atoms with Gasteiger partial charge in [0.1, 0.15) is 0 Å². The molecule has 1 N–H and O–H groups in total. The third-order valence-corrected chi connectivity index (χ3v) is 3.96. The van der Waals surface area contributed by atoms with E-state index in [4.69, 9.17) is 4.52 Å². The van der Waals surface area contributed by atoms with E-state index >= 15 is 0 Å². The molecule has 2 aromatic carbocycles. The molecular formula is C19H15N5O2. The van der Waals surface area contributed by atoms with Crippen LogP contribution in [0, 0.1) is 6.92 Å². The van der Waals surface area contributed by atoms with Gasteiger partial charge in [0.2, 0.25) is 0 Å². The van der Waals surface area contributed by atoms with Gasteiger partial charge in [-0.2, -0.15) is 10.1 Å². The number of aryl methyl sites for hydroxylation is 1. The number of carbonyl (C=O) groups excluding carboxylic acids is 1. The summed E-state index contributed by atoms with van der Waals surface area (Å²) in [5.41, 5.74) is 3.99.